The van der Waals surface area contributed by atoms with Crippen LogP contribution >= 0.6 is 0 Å². The Balaban J connectivity index is 5.49. The molecular weight excluding hydrogens is 963 g/mol. The largest absolute Gasteiger partial charge is 0.508 e. The van der Waals surface area contributed by atoms with Gasteiger partial charge >= 0.3 is 24.1 Å². The van der Waals surface area contributed by atoms with Gasteiger partial charge in [0.2, 0.25) is 0 Å². The summed E-state index contributed by atoms with van der Waals surface area (Å²) in [6.07, 6.45) is 63.2. The molecule has 0 atom stereocenters. The number of carbonyl (C=O) groups excluding carboxylic acids is 4. The Bertz CT molecular complexity index is 1390. The van der Waals surface area contributed by atoms with E-state index >= 15 is 0 Å². The predicted octanol–water partition coefficient (Wildman–Crippen LogP) is 18.9. The van der Waals surface area contributed by atoms with Crippen LogP contribution in [-0.4, -0.2) is 81.6 Å². The minimum absolute atomic E-state index is 0.177. The van der Waals surface area contributed by atoms with Crippen LogP contribution in [0.1, 0.15) is 272 Å². The van der Waals surface area contributed by atoms with Crippen LogP contribution < -0.4 is 0 Å². The SMILES string of the molecule is CCCCC/C=C\C/C=C\CCCCCCCC(=O)OCC(COC(=O)CCCCCCC/C=C\C/C=C\CCCCC)(COC(=O)CCCCCCC/C=C\C/C=C\CCCCC)COC(=O)OCCCN(CC)CC. The van der Waals surface area contributed by atoms with E-state index < -0.39 is 29.5 Å². The first-order valence-electron chi connectivity index (χ1n) is 31.6. The lowest BCUT2D eigenvalue weighted by atomic mass is 9.92. The van der Waals surface area contributed by atoms with Gasteiger partial charge in [-0.2, -0.15) is 0 Å². The second kappa shape index (κ2) is 58.2. The minimum atomic E-state index is -1.32. The van der Waals surface area contributed by atoms with E-state index in [-0.39, 0.29) is 52.3 Å². The second-order valence-corrected chi connectivity index (χ2v) is 21.2. The summed E-state index contributed by atoms with van der Waals surface area (Å²) in [5.41, 5.74) is -1.32. The number of carbonyl (C=O) groups is 4. The van der Waals surface area contributed by atoms with E-state index in [1.54, 1.807) is 0 Å². The Labute approximate surface area is 473 Å². The molecule has 0 amide bonds. The summed E-state index contributed by atoms with van der Waals surface area (Å²) in [6, 6.07) is 0. The van der Waals surface area contributed by atoms with Gasteiger partial charge < -0.3 is 28.6 Å². The van der Waals surface area contributed by atoms with Gasteiger partial charge in [-0.3, -0.25) is 14.4 Å². The van der Waals surface area contributed by atoms with Crippen molar-refractivity contribution < 1.29 is 42.9 Å². The lowest BCUT2D eigenvalue weighted by molar-refractivity contribution is -0.166. The van der Waals surface area contributed by atoms with Crippen LogP contribution in [0.2, 0.25) is 0 Å². The van der Waals surface area contributed by atoms with E-state index in [0.717, 1.165) is 135 Å². The van der Waals surface area contributed by atoms with Crippen LogP contribution in [0.3, 0.4) is 0 Å². The Kier molecular flexibility index (Phi) is 55.3. The summed E-state index contributed by atoms with van der Waals surface area (Å²) < 4.78 is 28.7. The maximum absolute atomic E-state index is 13.3. The maximum atomic E-state index is 13.3. The van der Waals surface area contributed by atoms with Crippen molar-refractivity contribution in [1.82, 2.24) is 4.90 Å². The number of allylic oxidation sites excluding steroid dienone is 12. The molecule has 77 heavy (non-hydrogen) atoms. The van der Waals surface area contributed by atoms with E-state index in [9.17, 15) is 19.2 Å². The number of rotatable bonds is 56. The maximum Gasteiger partial charge on any atom is 0.508 e. The molecule has 0 fully saturated rings. The van der Waals surface area contributed by atoms with Gasteiger partial charge in [0, 0.05) is 25.8 Å². The molecule has 0 saturated carbocycles. The number of nitrogens with zero attached hydrogens (tertiary/aromatic N) is 1. The first kappa shape index (κ1) is 73.1. The van der Waals surface area contributed by atoms with Gasteiger partial charge in [-0.15, -0.1) is 0 Å². The van der Waals surface area contributed by atoms with Gasteiger partial charge in [-0.05, 0) is 135 Å². The fraction of sp³-hybridized carbons (Fsp3) is 0.761. The van der Waals surface area contributed by atoms with Crippen LogP contribution in [0.15, 0.2) is 72.9 Å². The van der Waals surface area contributed by atoms with Crippen LogP contribution in [-0.2, 0) is 38.1 Å². The van der Waals surface area contributed by atoms with Crippen molar-refractivity contribution in [1.29, 1.82) is 0 Å². The summed E-state index contributed by atoms with van der Waals surface area (Å²) in [4.78, 5) is 55.0. The third-order valence-corrected chi connectivity index (χ3v) is 13.8. The van der Waals surface area contributed by atoms with Crippen molar-refractivity contribution in [2.24, 2.45) is 5.41 Å². The molecule has 0 aromatic carbocycles. The van der Waals surface area contributed by atoms with Crippen molar-refractivity contribution in [2.75, 3.05) is 52.7 Å². The molecule has 0 spiro atoms. The normalized spacial score (nSPS) is 12.2. The quantitative estimate of drug-likeness (QED) is 0.0252. The lowest BCUT2D eigenvalue weighted by Crippen LogP contribution is -2.44. The van der Waals surface area contributed by atoms with Crippen LogP contribution in [0.5, 0.6) is 0 Å². The first-order chi connectivity index (χ1) is 37.7. The lowest BCUT2D eigenvalue weighted by Gasteiger charge is -2.31. The molecule has 0 aliphatic rings. The predicted molar refractivity (Wildman–Crippen MR) is 323 cm³/mol. The van der Waals surface area contributed by atoms with Crippen molar-refractivity contribution in [3.63, 3.8) is 0 Å². The average molecular weight is 1080 g/mol. The summed E-state index contributed by atoms with van der Waals surface area (Å²) in [7, 11) is 0. The standard InChI is InChI=1S/C67H117NO9/c1-6-11-14-17-20-23-26-29-32-35-38-41-44-47-50-54-63(69)74-59-67(62-77-66(72)73-58-53-57-68(9-4)10-5,60-75-64(70)55-51-48-45-42-39-36-33-30-27-24-21-18-15-12-7-2)61-76-65(71)56-52-49-46-43-40-37-34-31-28-25-22-19-16-13-8-3/h20-25,29-34H,6-19,26-28,35-62H2,1-5H3/b23-20-,24-21-,25-22-,32-29-,33-30-,34-31-. The summed E-state index contributed by atoms with van der Waals surface area (Å²) in [6.45, 7) is 12.6. The molecular formula is C67H117NO9. The minimum Gasteiger partial charge on any atom is -0.465 e. The molecule has 0 aliphatic carbocycles. The molecule has 0 radical (unpaired) electrons. The Morgan fingerprint density at radius 2 is 0.610 bits per heavy atom. The molecule has 10 heteroatoms. The molecule has 0 aromatic rings. The Hall–Kier alpha value is -3.92. The highest BCUT2D eigenvalue weighted by Crippen LogP contribution is 2.24. The van der Waals surface area contributed by atoms with E-state index in [4.69, 9.17) is 23.7 Å². The van der Waals surface area contributed by atoms with Crippen LogP contribution in [0.25, 0.3) is 0 Å². The van der Waals surface area contributed by atoms with Crippen molar-refractivity contribution >= 4 is 24.1 Å². The van der Waals surface area contributed by atoms with Crippen LogP contribution in [0.4, 0.5) is 4.79 Å². The van der Waals surface area contributed by atoms with E-state index in [1.807, 2.05) is 0 Å². The fourth-order valence-corrected chi connectivity index (χ4v) is 8.65. The highest BCUT2D eigenvalue weighted by molar-refractivity contribution is 5.70. The van der Waals surface area contributed by atoms with Gasteiger partial charge in [0.1, 0.15) is 31.8 Å². The molecule has 0 aromatic heterocycles. The van der Waals surface area contributed by atoms with Gasteiger partial charge in [-0.25, -0.2) is 4.79 Å². The molecule has 0 heterocycles. The first-order valence-corrected chi connectivity index (χ1v) is 31.6. The Morgan fingerprint density at radius 3 is 0.922 bits per heavy atom. The molecule has 0 N–H and O–H groups in total. The topological polar surface area (TPSA) is 118 Å². The third-order valence-electron chi connectivity index (χ3n) is 13.8. The van der Waals surface area contributed by atoms with E-state index in [2.05, 4.69) is 112 Å². The van der Waals surface area contributed by atoms with Gasteiger partial charge in [0.05, 0.1) is 6.61 Å². The zero-order valence-corrected chi connectivity index (χ0v) is 50.4. The molecule has 0 rings (SSSR count). The molecule has 0 saturated heterocycles. The van der Waals surface area contributed by atoms with Gasteiger partial charge in [-0.1, -0.05) is 204 Å². The van der Waals surface area contributed by atoms with Crippen molar-refractivity contribution in [2.45, 2.75) is 272 Å². The molecule has 0 bridgehead atoms. The summed E-state index contributed by atoms with van der Waals surface area (Å²) in [5, 5.41) is 0. The number of hydrogen-bond acceptors (Lipinski definition) is 10. The number of hydrogen-bond donors (Lipinski definition) is 0. The zero-order chi connectivity index (χ0) is 56.2. The van der Waals surface area contributed by atoms with Crippen molar-refractivity contribution in [3.8, 4) is 0 Å². The monoisotopic (exact) mass is 1080 g/mol. The van der Waals surface area contributed by atoms with E-state index in [0.29, 0.717) is 25.7 Å². The molecule has 0 unspecified atom stereocenters. The summed E-state index contributed by atoms with van der Waals surface area (Å²) >= 11 is 0. The second-order valence-electron chi connectivity index (χ2n) is 21.2. The van der Waals surface area contributed by atoms with Crippen molar-refractivity contribution in [3.05, 3.63) is 72.9 Å². The highest BCUT2D eigenvalue weighted by Gasteiger charge is 2.38. The van der Waals surface area contributed by atoms with E-state index in [1.165, 1.54) is 77.0 Å². The smallest absolute Gasteiger partial charge is 0.465 e. The van der Waals surface area contributed by atoms with Crippen LogP contribution in [0, 0.1) is 5.41 Å². The zero-order valence-electron chi connectivity index (χ0n) is 50.4. The van der Waals surface area contributed by atoms with Gasteiger partial charge in [0.25, 0.3) is 0 Å². The number of esters is 3. The third kappa shape index (κ3) is 52.5. The Morgan fingerprint density at radius 1 is 0.325 bits per heavy atom. The molecule has 10 nitrogen and oxygen atoms in total. The average Bonchev–Trinajstić information content (AvgIpc) is 3.43. The highest BCUT2D eigenvalue weighted by atomic mass is 16.7. The molecule has 0 aliphatic heterocycles. The summed E-state index contributed by atoms with van der Waals surface area (Å²) in [5.74, 6) is -1.19. The fourth-order valence-electron chi connectivity index (χ4n) is 8.65. The molecule has 444 valence electrons. The van der Waals surface area contributed by atoms with Gasteiger partial charge in [0.15, 0.2) is 0 Å². The number of ether oxygens (including phenoxy) is 5. The number of unbranched alkanes of at least 4 members (excludes halogenated alkanes) is 24.